The quantitative estimate of drug-likeness (QED) is 0.838. The van der Waals surface area contributed by atoms with E-state index in [-0.39, 0.29) is 10.8 Å². The lowest BCUT2D eigenvalue weighted by Crippen LogP contribution is -2.29. The van der Waals surface area contributed by atoms with Crippen molar-refractivity contribution >= 4 is 16.0 Å². The Labute approximate surface area is 101 Å². The van der Waals surface area contributed by atoms with E-state index in [2.05, 4.69) is 16.9 Å². The summed E-state index contributed by atoms with van der Waals surface area (Å²) in [5, 5.41) is 0. The molecule has 2 rings (SSSR count). The van der Waals surface area contributed by atoms with Crippen LogP contribution in [-0.4, -0.2) is 36.3 Å². The molecule has 0 saturated heterocycles. The van der Waals surface area contributed by atoms with Gasteiger partial charge >= 0.3 is 0 Å². The van der Waals surface area contributed by atoms with E-state index in [1.165, 1.54) is 16.7 Å². The normalized spacial score (nSPS) is 23.9. The van der Waals surface area contributed by atoms with Gasteiger partial charge in [-0.2, -0.15) is 0 Å². The van der Waals surface area contributed by atoms with Crippen molar-refractivity contribution in [2.75, 3.05) is 19.3 Å². The first-order valence-corrected chi connectivity index (χ1v) is 6.89. The predicted octanol–water partition coefficient (Wildman–Crippen LogP) is 0.335. The minimum Gasteiger partial charge on any atom is -0.368 e. The molecule has 1 aliphatic rings. The highest BCUT2D eigenvalue weighted by atomic mass is 32.2. The van der Waals surface area contributed by atoms with Crippen LogP contribution in [0.2, 0.25) is 0 Å². The summed E-state index contributed by atoms with van der Waals surface area (Å²) in [4.78, 5) is 7.48. The van der Waals surface area contributed by atoms with Crippen LogP contribution in [0.15, 0.2) is 17.3 Å². The maximum absolute atomic E-state index is 12.1. The number of rotatable bonds is 4. The Morgan fingerprint density at radius 3 is 2.47 bits per heavy atom. The number of nitrogens with zero attached hydrogens (tertiary/aromatic N) is 3. The van der Waals surface area contributed by atoms with Crippen molar-refractivity contribution in [3.8, 4) is 0 Å². The fourth-order valence-corrected chi connectivity index (χ4v) is 2.84. The van der Waals surface area contributed by atoms with Gasteiger partial charge < -0.3 is 5.73 Å². The molecule has 2 unspecified atom stereocenters. The number of anilines is 1. The largest absolute Gasteiger partial charge is 0.368 e. The molecule has 0 radical (unpaired) electrons. The molecule has 7 heteroatoms. The Bertz CT molecular complexity index is 500. The van der Waals surface area contributed by atoms with Crippen LogP contribution >= 0.6 is 0 Å². The van der Waals surface area contributed by atoms with E-state index >= 15 is 0 Å². The summed E-state index contributed by atoms with van der Waals surface area (Å²) in [5.74, 6) is 1.17. The second-order valence-electron chi connectivity index (χ2n) is 4.54. The summed E-state index contributed by atoms with van der Waals surface area (Å²) in [5.41, 5.74) is 5.32. The van der Waals surface area contributed by atoms with Gasteiger partial charge in [0.2, 0.25) is 16.0 Å². The number of sulfonamides is 1. The molecular weight excluding hydrogens is 240 g/mol. The van der Waals surface area contributed by atoms with Gasteiger partial charge in [0.25, 0.3) is 0 Å². The Morgan fingerprint density at radius 2 is 2.00 bits per heavy atom. The summed E-state index contributed by atoms with van der Waals surface area (Å²) >= 11 is 0. The number of nitrogens with two attached hydrogens (primary N) is 1. The average molecular weight is 256 g/mol. The second-order valence-corrected chi connectivity index (χ2v) is 6.58. The molecule has 1 aromatic heterocycles. The summed E-state index contributed by atoms with van der Waals surface area (Å²) in [7, 11) is -1.90. The third kappa shape index (κ3) is 2.55. The molecule has 0 bridgehead atoms. The highest BCUT2D eigenvalue weighted by Gasteiger charge is 2.36. The molecule has 2 N–H and O–H groups in total. The summed E-state index contributed by atoms with van der Waals surface area (Å²) in [6, 6.07) is 0. The van der Waals surface area contributed by atoms with E-state index in [4.69, 9.17) is 5.73 Å². The van der Waals surface area contributed by atoms with Crippen LogP contribution in [0, 0.1) is 11.8 Å². The first-order chi connectivity index (χ1) is 7.91. The van der Waals surface area contributed by atoms with Crippen LogP contribution in [0.3, 0.4) is 0 Å². The molecule has 0 spiro atoms. The van der Waals surface area contributed by atoms with Crippen LogP contribution in [0.5, 0.6) is 0 Å². The Hall–Kier alpha value is -1.21. The van der Waals surface area contributed by atoms with Gasteiger partial charge in [-0.05, 0) is 18.3 Å². The van der Waals surface area contributed by atoms with Crippen LogP contribution in [0.1, 0.15) is 13.3 Å². The van der Waals surface area contributed by atoms with Gasteiger partial charge in [0.15, 0.2) is 0 Å². The van der Waals surface area contributed by atoms with E-state index in [1.807, 2.05) is 0 Å². The van der Waals surface area contributed by atoms with Crippen LogP contribution in [0.25, 0.3) is 0 Å². The van der Waals surface area contributed by atoms with Crippen molar-refractivity contribution in [2.45, 2.75) is 18.2 Å². The molecule has 1 aliphatic carbocycles. The van der Waals surface area contributed by atoms with Crippen molar-refractivity contribution in [1.29, 1.82) is 0 Å². The molecule has 0 amide bonds. The van der Waals surface area contributed by atoms with Gasteiger partial charge in [-0.3, -0.25) is 0 Å². The van der Waals surface area contributed by atoms with Crippen molar-refractivity contribution in [1.82, 2.24) is 14.3 Å². The first kappa shape index (κ1) is 12.3. The smallest absolute Gasteiger partial charge is 0.245 e. The molecule has 94 valence electrons. The molecule has 2 atom stereocenters. The SMILES string of the molecule is CC1CC1CN(C)S(=O)(=O)c1cnc(N)nc1. The van der Waals surface area contributed by atoms with E-state index in [1.54, 1.807) is 7.05 Å². The van der Waals surface area contributed by atoms with Gasteiger partial charge in [0.1, 0.15) is 4.90 Å². The Balaban J connectivity index is 2.14. The summed E-state index contributed by atoms with van der Waals surface area (Å²) < 4.78 is 25.6. The molecule has 6 nitrogen and oxygen atoms in total. The highest BCUT2D eigenvalue weighted by molar-refractivity contribution is 7.89. The highest BCUT2D eigenvalue weighted by Crippen LogP contribution is 2.38. The molecule has 17 heavy (non-hydrogen) atoms. The molecule has 1 saturated carbocycles. The van der Waals surface area contributed by atoms with Gasteiger partial charge in [-0.25, -0.2) is 22.7 Å². The van der Waals surface area contributed by atoms with E-state index in [9.17, 15) is 8.42 Å². The molecule has 1 aromatic rings. The predicted molar refractivity (Wildman–Crippen MR) is 63.5 cm³/mol. The monoisotopic (exact) mass is 256 g/mol. The Kier molecular flexibility index (Phi) is 3.05. The van der Waals surface area contributed by atoms with Crippen LogP contribution in [0.4, 0.5) is 5.95 Å². The van der Waals surface area contributed by atoms with Gasteiger partial charge in [-0.15, -0.1) is 0 Å². The molecule has 0 aliphatic heterocycles. The third-order valence-corrected chi connectivity index (χ3v) is 4.90. The fourth-order valence-electron chi connectivity index (χ4n) is 1.72. The second kappa shape index (κ2) is 4.23. The fraction of sp³-hybridized carbons (Fsp3) is 0.600. The third-order valence-electron chi connectivity index (χ3n) is 3.12. The summed E-state index contributed by atoms with van der Waals surface area (Å²) in [6.07, 6.45) is 3.58. The lowest BCUT2D eigenvalue weighted by atomic mass is 10.3. The minimum absolute atomic E-state index is 0.0717. The van der Waals surface area contributed by atoms with Gasteiger partial charge in [0.05, 0.1) is 12.4 Å². The van der Waals surface area contributed by atoms with Crippen LogP contribution in [-0.2, 0) is 10.0 Å². The van der Waals surface area contributed by atoms with Gasteiger partial charge in [-0.1, -0.05) is 6.92 Å². The first-order valence-electron chi connectivity index (χ1n) is 5.45. The van der Waals surface area contributed by atoms with Crippen molar-refractivity contribution < 1.29 is 8.42 Å². The number of aromatic nitrogens is 2. The standard InChI is InChI=1S/C10H16N4O2S/c1-7-3-8(7)6-14(2)17(15,16)9-4-12-10(11)13-5-9/h4-5,7-8H,3,6H2,1-2H3,(H2,11,12,13). The Morgan fingerprint density at radius 1 is 1.47 bits per heavy atom. The average Bonchev–Trinajstić information content (AvgIpc) is 2.94. The zero-order valence-corrected chi connectivity index (χ0v) is 10.7. The van der Waals surface area contributed by atoms with Gasteiger partial charge in [0, 0.05) is 13.6 Å². The van der Waals surface area contributed by atoms with E-state index in [0.717, 1.165) is 6.42 Å². The topological polar surface area (TPSA) is 89.2 Å². The zero-order valence-electron chi connectivity index (χ0n) is 9.87. The minimum atomic E-state index is -3.48. The molecule has 0 aromatic carbocycles. The van der Waals surface area contributed by atoms with Crippen LogP contribution < -0.4 is 5.73 Å². The maximum atomic E-state index is 12.1. The maximum Gasteiger partial charge on any atom is 0.245 e. The lowest BCUT2D eigenvalue weighted by molar-refractivity contribution is 0.444. The molecular formula is C10H16N4O2S. The number of nitrogen functional groups attached to an aromatic ring is 1. The molecule has 1 fully saturated rings. The van der Waals surface area contributed by atoms with E-state index < -0.39 is 10.0 Å². The van der Waals surface area contributed by atoms with Crippen molar-refractivity contribution in [3.05, 3.63) is 12.4 Å². The lowest BCUT2D eigenvalue weighted by Gasteiger charge is -2.16. The van der Waals surface area contributed by atoms with E-state index in [0.29, 0.717) is 18.4 Å². The van der Waals surface area contributed by atoms with Crippen molar-refractivity contribution in [3.63, 3.8) is 0 Å². The summed E-state index contributed by atoms with van der Waals surface area (Å²) in [6.45, 7) is 2.67. The van der Waals surface area contributed by atoms with Crippen molar-refractivity contribution in [2.24, 2.45) is 11.8 Å². The number of hydrogen-bond acceptors (Lipinski definition) is 5. The number of hydrogen-bond donors (Lipinski definition) is 1. The molecule has 1 heterocycles. The zero-order chi connectivity index (χ0) is 12.6.